The molecule has 94 valence electrons. The SMILES string of the molecule is O=S1(=O)CC[C@@H](S(=O)(=O)N2CCN[C@@H]2O)C1. The highest BCUT2D eigenvalue weighted by Gasteiger charge is 2.43. The van der Waals surface area contributed by atoms with E-state index in [9.17, 15) is 21.9 Å². The molecular formula is C7H14N2O5S2. The second-order valence-corrected chi connectivity index (χ2v) is 8.40. The summed E-state index contributed by atoms with van der Waals surface area (Å²) in [6, 6.07) is 0. The van der Waals surface area contributed by atoms with Crippen LogP contribution in [0.2, 0.25) is 0 Å². The van der Waals surface area contributed by atoms with E-state index in [1.54, 1.807) is 0 Å². The molecule has 0 amide bonds. The molecule has 9 heteroatoms. The first-order valence-corrected chi connectivity index (χ1v) is 8.28. The van der Waals surface area contributed by atoms with Crippen molar-refractivity contribution in [3.05, 3.63) is 0 Å². The van der Waals surface area contributed by atoms with Crippen molar-refractivity contribution in [1.82, 2.24) is 9.62 Å². The Bertz CT molecular complexity index is 471. The third-order valence-electron chi connectivity index (χ3n) is 2.87. The maximum Gasteiger partial charge on any atom is 0.221 e. The van der Waals surface area contributed by atoms with E-state index in [4.69, 9.17) is 0 Å². The number of hydrogen-bond donors (Lipinski definition) is 2. The molecule has 2 heterocycles. The lowest BCUT2D eigenvalue weighted by Gasteiger charge is -2.22. The van der Waals surface area contributed by atoms with Crippen molar-refractivity contribution < 1.29 is 21.9 Å². The van der Waals surface area contributed by atoms with Crippen molar-refractivity contribution in [2.75, 3.05) is 24.6 Å². The summed E-state index contributed by atoms with van der Waals surface area (Å²) in [4.78, 5) is 0. The maximum atomic E-state index is 12.0. The number of nitrogens with zero attached hydrogens (tertiary/aromatic N) is 1. The van der Waals surface area contributed by atoms with Crippen LogP contribution in [-0.4, -0.2) is 62.4 Å². The van der Waals surface area contributed by atoms with Crippen LogP contribution in [0.3, 0.4) is 0 Å². The molecule has 7 nitrogen and oxygen atoms in total. The van der Waals surface area contributed by atoms with Crippen LogP contribution < -0.4 is 5.32 Å². The van der Waals surface area contributed by atoms with E-state index >= 15 is 0 Å². The lowest BCUT2D eigenvalue weighted by atomic mass is 10.4. The summed E-state index contributed by atoms with van der Waals surface area (Å²) in [6.07, 6.45) is -1.11. The first-order chi connectivity index (χ1) is 7.33. The van der Waals surface area contributed by atoms with Gasteiger partial charge in [-0.05, 0) is 6.42 Å². The average molecular weight is 270 g/mol. The molecule has 0 unspecified atom stereocenters. The Hall–Kier alpha value is -0.220. The van der Waals surface area contributed by atoms with Crippen LogP contribution in [0.5, 0.6) is 0 Å². The van der Waals surface area contributed by atoms with Gasteiger partial charge < -0.3 is 5.11 Å². The molecule has 2 aliphatic heterocycles. The van der Waals surface area contributed by atoms with Crippen molar-refractivity contribution in [2.45, 2.75) is 18.0 Å². The molecular weight excluding hydrogens is 256 g/mol. The Kier molecular flexibility index (Phi) is 2.99. The molecule has 0 bridgehead atoms. The molecule has 2 atom stereocenters. The lowest BCUT2D eigenvalue weighted by Crippen LogP contribution is -2.44. The maximum absolute atomic E-state index is 12.0. The lowest BCUT2D eigenvalue weighted by molar-refractivity contribution is 0.0751. The Labute approximate surface area is 94.4 Å². The summed E-state index contributed by atoms with van der Waals surface area (Å²) >= 11 is 0. The minimum atomic E-state index is -3.72. The van der Waals surface area contributed by atoms with Crippen LogP contribution in [0.1, 0.15) is 6.42 Å². The van der Waals surface area contributed by atoms with Gasteiger partial charge in [-0.3, -0.25) is 5.32 Å². The van der Waals surface area contributed by atoms with Crippen molar-refractivity contribution in [3.63, 3.8) is 0 Å². The number of aliphatic hydroxyl groups excluding tert-OH is 1. The molecule has 0 aliphatic carbocycles. The minimum absolute atomic E-state index is 0.0890. The third kappa shape index (κ3) is 2.09. The van der Waals surface area contributed by atoms with Crippen molar-refractivity contribution >= 4 is 19.9 Å². The summed E-state index contributed by atoms with van der Waals surface area (Å²) in [5.41, 5.74) is 0. The predicted octanol–water partition coefficient (Wildman–Crippen LogP) is -2.32. The van der Waals surface area contributed by atoms with Gasteiger partial charge in [0.15, 0.2) is 16.2 Å². The van der Waals surface area contributed by atoms with Crippen molar-refractivity contribution in [2.24, 2.45) is 0 Å². The second kappa shape index (κ2) is 3.91. The van der Waals surface area contributed by atoms with Gasteiger partial charge in [-0.15, -0.1) is 0 Å². The molecule has 2 rings (SSSR count). The van der Waals surface area contributed by atoms with Gasteiger partial charge in [-0.25, -0.2) is 16.8 Å². The van der Waals surface area contributed by atoms with E-state index in [0.717, 1.165) is 4.31 Å². The smallest absolute Gasteiger partial charge is 0.221 e. The number of rotatable bonds is 2. The molecule has 2 saturated heterocycles. The van der Waals surface area contributed by atoms with E-state index in [2.05, 4.69) is 5.32 Å². The van der Waals surface area contributed by atoms with Crippen LogP contribution in [-0.2, 0) is 19.9 Å². The summed E-state index contributed by atoms with van der Waals surface area (Å²) in [5.74, 6) is -0.424. The molecule has 0 radical (unpaired) electrons. The standard InChI is InChI=1S/C7H14N2O5S2/c10-7-8-2-3-9(7)16(13,14)6-1-4-15(11,12)5-6/h6-8,10H,1-5H2/t6-,7+/m1/s1. The number of sulfone groups is 1. The third-order valence-corrected chi connectivity index (χ3v) is 7.13. The highest BCUT2D eigenvalue weighted by atomic mass is 32.2. The highest BCUT2D eigenvalue weighted by Crippen LogP contribution is 2.23. The summed E-state index contributed by atoms with van der Waals surface area (Å²) in [5, 5.41) is 11.1. The van der Waals surface area contributed by atoms with E-state index in [-0.39, 0.29) is 24.5 Å². The second-order valence-electron chi connectivity index (χ2n) is 4.01. The van der Waals surface area contributed by atoms with E-state index < -0.39 is 31.5 Å². The Balaban J connectivity index is 2.20. The fourth-order valence-electron chi connectivity index (χ4n) is 1.98. The molecule has 0 aromatic rings. The normalized spacial score (nSPS) is 35.6. The number of sulfonamides is 1. The predicted molar refractivity (Wildman–Crippen MR) is 56.7 cm³/mol. The fourth-order valence-corrected chi connectivity index (χ4v) is 6.48. The van der Waals surface area contributed by atoms with Gasteiger partial charge in [0.2, 0.25) is 10.0 Å². The molecule has 2 aliphatic rings. The number of aliphatic hydroxyl groups is 1. The molecule has 0 aromatic heterocycles. The molecule has 2 N–H and O–H groups in total. The monoisotopic (exact) mass is 270 g/mol. The first kappa shape index (κ1) is 12.2. The number of hydrogen-bond acceptors (Lipinski definition) is 6. The van der Waals surface area contributed by atoms with Crippen LogP contribution in [0, 0.1) is 0 Å². The highest BCUT2D eigenvalue weighted by molar-refractivity contribution is 7.95. The summed E-state index contributed by atoms with van der Waals surface area (Å²) < 4.78 is 47.4. The van der Waals surface area contributed by atoms with E-state index in [1.807, 2.05) is 0 Å². The van der Waals surface area contributed by atoms with Gasteiger partial charge in [-0.1, -0.05) is 0 Å². The topological polar surface area (TPSA) is 104 Å². The zero-order chi connectivity index (χ0) is 12.0. The van der Waals surface area contributed by atoms with Crippen LogP contribution in [0.4, 0.5) is 0 Å². The van der Waals surface area contributed by atoms with Crippen LogP contribution in [0.15, 0.2) is 0 Å². The molecule has 0 spiro atoms. The van der Waals surface area contributed by atoms with E-state index in [0.29, 0.717) is 6.54 Å². The first-order valence-electron chi connectivity index (χ1n) is 4.95. The molecule has 16 heavy (non-hydrogen) atoms. The molecule has 2 fully saturated rings. The molecule has 0 saturated carbocycles. The summed E-state index contributed by atoms with van der Waals surface area (Å²) in [7, 11) is -6.95. The van der Waals surface area contributed by atoms with Gasteiger partial charge in [0.05, 0.1) is 16.8 Å². The van der Waals surface area contributed by atoms with Gasteiger partial charge in [-0.2, -0.15) is 4.31 Å². The fraction of sp³-hybridized carbons (Fsp3) is 1.00. The van der Waals surface area contributed by atoms with Crippen LogP contribution in [0.25, 0.3) is 0 Å². The largest absolute Gasteiger partial charge is 0.364 e. The Morgan fingerprint density at radius 2 is 2.06 bits per heavy atom. The van der Waals surface area contributed by atoms with Crippen molar-refractivity contribution in [3.8, 4) is 0 Å². The van der Waals surface area contributed by atoms with Crippen molar-refractivity contribution in [1.29, 1.82) is 0 Å². The van der Waals surface area contributed by atoms with Crippen LogP contribution >= 0.6 is 0 Å². The van der Waals surface area contributed by atoms with Gasteiger partial charge in [0.1, 0.15) is 0 Å². The van der Waals surface area contributed by atoms with Gasteiger partial charge >= 0.3 is 0 Å². The zero-order valence-corrected chi connectivity index (χ0v) is 10.2. The molecule has 0 aromatic carbocycles. The Morgan fingerprint density at radius 1 is 1.38 bits per heavy atom. The zero-order valence-electron chi connectivity index (χ0n) is 8.53. The Morgan fingerprint density at radius 3 is 2.50 bits per heavy atom. The minimum Gasteiger partial charge on any atom is -0.364 e. The average Bonchev–Trinajstić information content (AvgIpc) is 2.72. The summed E-state index contributed by atoms with van der Waals surface area (Å²) in [6.45, 7) is 0.555. The number of nitrogens with one attached hydrogen (secondary N) is 1. The van der Waals surface area contributed by atoms with Gasteiger partial charge in [0.25, 0.3) is 0 Å². The quantitative estimate of drug-likeness (QED) is 0.584. The van der Waals surface area contributed by atoms with Gasteiger partial charge in [0, 0.05) is 13.1 Å². The van der Waals surface area contributed by atoms with E-state index in [1.165, 1.54) is 0 Å².